The summed E-state index contributed by atoms with van der Waals surface area (Å²) in [4.78, 5) is 14.9. The van der Waals surface area contributed by atoms with Crippen LogP contribution in [0.5, 0.6) is 11.5 Å². The van der Waals surface area contributed by atoms with Gasteiger partial charge >= 0.3 is 6.09 Å². The number of rotatable bonds is 3. The third-order valence-electron chi connectivity index (χ3n) is 5.88. The van der Waals surface area contributed by atoms with Gasteiger partial charge in [-0.05, 0) is 64.5 Å². The Balaban J connectivity index is 1.82. The average molecular weight is 448 g/mol. The van der Waals surface area contributed by atoms with E-state index in [-0.39, 0.29) is 25.0 Å². The highest BCUT2D eigenvalue weighted by Gasteiger charge is 2.59. The van der Waals surface area contributed by atoms with Crippen molar-refractivity contribution in [2.24, 2.45) is 0 Å². The van der Waals surface area contributed by atoms with Crippen molar-refractivity contribution >= 4 is 14.4 Å². The summed E-state index contributed by atoms with van der Waals surface area (Å²) in [5.41, 5.74) is -0.240. The SMILES string of the molecule is CC(C)(C)OC(=O)N1C[C@H](O[Si](C)(C)C)[C@]2(c3ccc4c(c3)OCO4)C=C[C@H](O)C[C@H]12. The van der Waals surface area contributed by atoms with Gasteiger partial charge in [-0.1, -0.05) is 18.2 Å². The van der Waals surface area contributed by atoms with E-state index in [1.165, 1.54) is 0 Å². The first-order valence-electron chi connectivity index (χ1n) is 10.8. The van der Waals surface area contributed by atoms with E-state index in [4.69, 9.17) is 18.6 Å². The molecule has 1 saturated heterocycles. The molecule has 4 rings (SSSR count). The van der Waals surface area contributed by atoms with Crippen LogP contribution < -0.4 is 9.47 Å². The van der Waals surface area contributed by atoms with Crippen LogP contribution in [-0.4, -0.2) is 61.6 Å². The molecule has 1 aromatic carbocycles. The van der Waals surface area contributed by atoms with Crippen LogP contribution in [0.25, 0.3) is 0 Å². The molecule has 7 nitrogen and oxygen atoms in total. The van der Waals surface area contributed by atoms with E-state index in [0.717, 1.165) is 5.56 Å². The minimum Gasteiger partial charge on any atom is -0.454 e. The fraction of sp³-hybridized carbons (Fsp3) is 0.609. The maximum Gasteiger partial charge on any atom is 0.410 e. The molecule has 1 fully saturated rings. The zero-order valence-corrected chi connectivity index (χ0v) is 20.2. The quantitative estimate of drug-likeness (QED) is 0.561. The van der Waals surface area contributed by atoms with Crippen molar-refractivity contribution < 1.29 is 28.5 Å². The van der Waals surface area contributed by atoms with Crippen LogP contribution >= 0.6 is 0 Å². The molecule has 31 heavy (non-hydrogen) atoms. The molecule has 1 aliphatic carbocycles. The lowest BCUT2D eigenvalue weighted by molar-refractivity contribution is 0.0156. The highest BCUT2D eigenvalue weighted by molar-refractivity contribution is 6.69. The highest BCUT2D eigenvalue weighted by atomic mass is 28.4. The lowest BCUT2D eigenvalue weighted by Crippen LogP contribution is -2.52. The van der Waals surface area contributed by atoms with Gasteiger partial charge in [0, 0.05) is 0 Å². The number of hydrogen-bond acceptors (Lipinski definition) is 6. The van der Waals surface area contributed by atoms with Gasteiger partial charge in [0.05, 0.1) is 30.2 Å². The Morgan fingerprint density at radius 1 is 1.23 bits per heavy atom. The number of nitrogens with zero attached hydrogens (tertiary/aromatic N) is 1. The van der Waals surface area contributed by atoms with Crippen molar-refractivity contribution in [2.75, 3.05) is 13.3 Å². The zero-order chi connectivity index (χ0) is 22.6. The zero-order valence-electron chi connectivity index (χ0n) is 19.2. The molecule has 170 valence electrons. The molecule has 8 heteroatoms. The van der Waals surface area contributed by atoms with Crippen molar-refractivity contribution in [2.45, 2.75) is 76.1 Å². The van der Waals surface area contributed by atoms with Crippen LogP contribution in [0.3, 0.4) is 0 Å². The number of carbonyl (C=O) groups excluding carboxylic acids is 1. The number of ether oxygens (including phenoxy) is 3. The number of carbonyl (C=O) groups is 1. The van der Waals surface area contributed by atoms with Gasteiger partial charge in [-0.3, -0.25) is 0 Å². The predicted molar refractivity (Wildman–Crippen MR) is 119 cm³/mol. The van der Waals surface area contributed by atoms with Crippen molar-refractivity contribution in [1.82, 2.24) is 4.90 Å². The molecule has 1 aromatic rings. The van der Waals surface area contributed by atoms with Gasteiger partial charge in [0.25, 0.3) is 0 Å². The second-order valence-electron chi connectivity index (χ2n) is 10.5. The Bertz CT molecular complexity index is 889. The van der Waals surface area contributed by atoms with Gasteiger partial charge in [0.1, 0.15) is 5.60 Å². The van der Waals surface area contributed by atoms with Gasteiger partial charge in [-0.25, -0.2) is 4.79 Å². The van der Waals surface area contributed by atoms with Crippen LogP contribution in [-0.2, 0) is 14.6 Å². The summed E-state index contributed by atoms with van der Waals surface area (Å²) >= 11 is 0. The smallest absolute Gasteiger partial charge is 0.410 e. The Hall–Kier alpha value is -2.03. The molecule has 0 aromatic heterocycles. The fourth-order valence-electron chi connectivity index (χ4n) is 4.77. The van der Waals surface area contributed by atoms with Crippen molar-refractivity contribution in [3.63, 3.8) is 0 Å². The monoisotopic (exact) mass is 447 g/mol. The third-order valence-corrected chi connectivity index (χ3v) is 6.87. The summed E-state index contributed by atoms with van der Waals surface area (Å²) in [6, 6.07) is 5.60. The molecular weight excluding hydrogens is 414 g/mol. The minimum atomic E-state index is -1.96. The first kappa shape index (κ1) is 22.2. The maximum atomic E-state index is 13.2. The molecular formula is C23H33NO6Si. The summed E-state index contributed by atoms with van der Waals surface area (Å²) in [6.07, 6.45) is 2.98. The molecule has 1 amide bonds. The van der Waals surface area contributed by atoms with Crippen molar-refractivity contribution in [3.8, 4) is 11.5 Å². The first-order chi connectivity index (χ1) is 14.4. The van der Waals surface area contributed by atoms with Crippen LogP contribution in [0.1, 0.15) is 32.8 Å². The Morgan fingerprint density at radius 3 is 2.61 bits per heavy atom. The standard InChI is InChI=1S/C23H33NO6Si/c1-22(2,3)29-21(26)24-13-20(30-31(4,5)6)23(10-9-16(25)12-19(23)24)15-7-8-17-18(11-15)28-14-27-17/h7-11,16,19-20,25H,12-14H2,1-6H3/t16-,19-,20-,23-/m0/s1. The first-order valence-corrected chi connectivity index (χ1v) is 14.2. The third kappa shape index (κ3) is 4.20. The molecule has 3 aliphatic rings. The number of likely N-dealkylation sites (tertiary alicyclic amines) is 1. The van der Waals surface area contributed by atoms with E-state index >= 15 is 0 Å². The van der Waals surface area contributed by atoms with Crippen molar-refractivity contribution in [1.29, 1.82) is 0 Å². The molecule has 2 aliphatic heterocycles. The summed E-state index contributed by atoms with van der Waals surface area (Å²) in [7, 11) is -1.96. The molecule has 1 N–H and O–H groups in total. The molecule has 0 unspecified atom stereocenters. The largest absolute Gasteiger partial charge is 0.454 e. The average Bonchev–Trinajstić information content (AvgIpc) is 3.21. The number of benzene rings is 1. The minimum absolute atomic E-state index is 0.197. The molecule has 0 spiro atoms. The second kappa shape index (κ2) is 7.53. The molecule has 0 saturated carbocycles. The molecule has 0 radical (unpaired) electrons. The number of aliphatic hydroxyl groups is 1. The van der Waals surface area contributed by atoms with E-state index in [1.54, 1.807) is 4.90 Å². The van der Waals surface area contributed by atoms with Crippen LogP contribution in [0.2, 0.25) is 19.6 Å². The second-order valence-corrected chi connectivity index (χ2v) is 15.0. The normalized spacial score (nSPS) is 29.8. The predicted octanol–water partition coefficient (Wildman–Crippen LogP) is 3.81. The van der Waals surface area contributed by atoms with E-state index < -0.39 is 25.4 Å². The van der Waals surface area contributed by atoms with E-state index in [2.05, 4.69) is 19.6 Å². The van der Waals surface area contributed by atoms with Crippen LogP contribution in [0.4, 0.5) is 4.79 Å². The Morgan fingerprint density at radius 2 is 1.94 bits per heavy atom. The topological polar surface area (TPSA) is 77.5 Å². The molecule has 2 heterocycles. The van der Waals surface area contributed by atoms with Crippen molar-refractivity contribution in [3.05, 3.63) is 35.9 Å². The number of aliphatic hydroxyl groups excluding tert-OH is 1. The summed E-state index contributed by atoms with van der Waals surface area (Å²) in [6.45, 7) is 12.6. The Kier molecular flexibility index (Phi) is 5.39. The van der Waals surface area contributed by atoms with Gasteiger partial charge in [0.2, 0.25) is 6.79 Å². The van der Waals surface area contributed by atoms with E-state index in [0.29, 0.717) is 24.5 Å². The number of hydrogen-bond donors (Lipinski definition) is 1. The lowest BCUT2D eigenvalue weighted by atomic mass is 9.68. The number of amides is 1. The molecule has 4 atom stereocenters. The van der Waals surface area contributed by atoms with Crippen LogP contribution in [0.15, 0.2) is 30.4 Å². The highest BCUT2D eigenvalue weighted by Crippen LogP contribution is 2.50. The maximum absolute atomic E-state index is 13.2. The van der Waals surface area contributed by atoms with Crippen LogP contribution in [0, 0.1) is 0 Å². The fourth-order valence-corrected chi connectivity index (χ4v) is 5.90. The van der Waals surface area contributed by atoms with Gasteiger partial charge in [-0.15, -0.1) is 0 Å². The summed E-state index contributed by atoms with van der Waals surface area (Å²) in [5, 5.41) is 10.5. The molecule has 0 bridgehead atoms. The van der Waals surface area contributed by atoms with Gasteiger partial charge in [-0.2, -0.15) is 0 Å². The lowest BCUT2D eigenvalue weighted by Gasteiger charge is -2.43. The van der Waals surface area contributed by atoms with E-state index in [9.17, 15) is 9.90 Å². The summed E-state index contributed by atoms with van der Waals surface area (Å²) in [5.74, 6) is 1.40. The van der Waals surface area contributed by atoms with Gasteiger partial charge in [0.15, 0.2) is 19.8 Å². The van der Waals surface area contributed by atoms with E-state index in [1.807, 2.05) is 51.1 Å². The van der Waals surface area contributed by atoms with Gasteiger partial charge < -0.3 is 28.6 Å². The number of fused-ring (bicyclic) bond motifs is 2. The Labute approximate surface area is 185 Å². The summed E-state index contributed by atoms with van der Waals surface area (Å²) < 4.78 is 23.5.